The first-order valence-corrected chi connectivity index (χ1v) is 13.2. The van der Waals surface area contributed by atoms with Gasteiger partial charge in [0.1, 0.15) is 29.2 Å². The van der Waals surface area contributed by atoms with Crippen molar-refractivity contribution in [1.29, 1.82) is 5.26 Å². The van der Waals surface area contributed by atoms with E-state index < -0.39 is 5.82 Å². The maximum absolute atomic E-state index is 15.1. The van der Waals surface area contributed by atoms with E-state index in [1.807, 2.05) is 10.6 Å². The molecule has 5 aromatic rings. The van der Waals surface area contributed by atoms with Crippen LogP contribution in [-0.4, -0.2) is 41.7 Å². The molecule has 1 aliphatic carbocycles. The van der Waals surface area contributed by atoms with Gasteiger partial charge in [0, 0.05) is 12.1 Å². The summed E-state index contributed by atoms with van der Waals surface area (Å²) in [5, 5.41) is 19.4. The number of aromatic amines is 1. The van der Waals surface area contributed by atoms with Gasteiger partial charge in [0.05, 0.1) is 38.1 Å². The smallest absolute Gasteiger partial charge is 0.261 e. The third-order valence-electron chi connectivity index (χ3n) is 6.70. The molecule has 0 aliphatic heterocycles. The highest BCUT2D eigenvalue weighted by molar-refractivity contribution is 7.18. The van der Waals surface area contributed by atoms with Crippen LogP contribution in [0.4, 0.5) is 4.39 Å². The van der Waals surface area contributed by atoms with Crippen molar-refractivity contribution in [1.82, 2.24) is 35.0 Å². The van der Waals surface area contributed by atoms with Crippen LogP contribution in [0.1, 0.15) is 47.0 Å². The van der Waals surface area contributed by atoms with E-state index in [1.54, 1.807) is 18.3 Å². The maximum atomic E-state index is 15.1. The quantitative estimate of drug-likeness (QED) is 0.299. The normalized spacial score (nSPS) is 17.4. The zero-order chi connectivity index (χ0) is 26.2. The summed E-state index contributed by atoms with van der Waals surface area (Å²) in [5.74, 6) is 0.206. The maximum Gasteiger partial charge on any atom is 0.261 e. The van der Waals surface area contributed by atoms with E-state index in [4.69, 9.17) is 16.6 Å². The number of carbonyl (C=O) groups excluding carboxylic acids is 1. The minimum Gasteiger partial charge on any atom is -0.349 e. The monoisotopic (exact) mass is 546 g/mol. The Morgan fingerprint density at radius 2 is 2.13 bits per heavy atom. The molecule has 6 rings (SSSR count). The Balaban J connectivity index is 1.43. The minimum atomic E-state index is -0.474. The first-order valence-electron chi connectivity index (χ1n) is 12.0. The molecule has 1 aliphatic rings. The fourth-order valence-corrected chi connectivity index (χ4v) is 5.95. The SMILES string of the molecule is N#Cc1ccc(F)c(-c2nc3cnc(-c4nc[nH]n4)cc3n2[C@@H]2CCC[C@H](NC(=O)c3ccc(Cl)s3)C2)c1. The van der Waals surface area contributed by atoms with Crippen molar-refractivity contribution in [3.05, 3.63) is 69.5 Å². The summed E-state index contributed by atoms with van der Waals surface area (Å²) in [6, 6.07) is 11.4. The molecular formula is C26H20ClFN8OS. The molecule has 1 aromatic carbocycles. The van der Waals surface area contributed by atoms with Crippen LogP contribution in [0.15, 0.2) is 48.9 Å². The second kappa shape index (κ2) is 9.96. The molecule has 0 saturated heterocycles. The Bertz CT molecular complexity index is 1690. The number of thiophene rings is 1. The Morgan fingerprint density at radius 1 is 1.24 bits per heavy atom. The lowest BCUT2D eigenvalue weighted by molar-refractivity contribution is 0.0925. The van der Waals surface area contributed by atoms with Crippen molar-refractivity contribution in [3.63, 3.8) is 0 Å². The van der Waals surface area contributed by atoms with E-state index in [0.29, 0.717) is 44.1 Å². The van der Waals surface area contributed by atoms with Crippen molar-refractivity contribution in [2.75, 3.05) is 0 Å². The molecule has 0 bridgehead atoms. The summed E-state index contributed by atoms with van der Waals surface area (Å²) in [6.07, 6.45) is 6.22. The third-order valence-corrected chi connectivity index (χ3v) is 7.93. The van der Waals surface area contributed by atoms with Gasteiger partial charge in [-0.3, -0.25) is 14.9 Å². The highest BCUT2D eigenvalue weighted by atomic mass is 35.5. The number of fused-ring (bicyclic) bond motifs is 1. The molecule has 2 atom stereocenters. The van der Waals surface area contributed by atoms with Crippen LogP contribution in [0.2, 0.25) is 4.34 Å². The third kappa shape index (κ3) is 4.53. The fraction of sp³-hybridized carbons (Fsp3) is 0.231. The van der Waals surface area contributed by atoms with Gasteiger partial charge >= 0.3 is 0 Å². The lowest BCUT2D eigenvalue weighted by Crippen LogP contribution is -2.38. The fourth-order valence-electron chi connectivity index (χ4n) is 5.00. The molecule has 38 heavy (non-hydrogen) atoms. The molecule has 0 unspecified atom stereocenters. The van der Waals surface area contributed by atoms with Crippen molar-refractivity contribution < 1.29 is 9.18 Å². The van der Waals surface area contributed by atoms with E-state index in [1.165, 1.54) is 35.9 Å². The molecule has 2 N–H and O–H groups in total. The lowest BCUT2D eigenvalue weighted by Gasteiger charge is -2.32. The summed E-state index contributed by atoms with van der Waals surface area (Å²) < 4.78 is 17.7. The average molecular weight is 547 g/mol. The molecular weight excluding hydrogens is 527 g/mol. The van der Waals surface area contributed by atoms with Gasteiger partial charge in [0.25, 0.3) is 5.91 Å². The number of amides is 1. The van der Waals surface area contributed by atoms with Crippen LogP contribution in [0.5, 0.6) is 0 Å². The van der Waals surface area contributed by atoms with Gasteiger partial charge in [-0.15, -0.1) is 11.3 Å². The first kappa shape index (κ1) is 24.2. The number of nitriles is 1. The molecule has 4 heterocycles. The van der Waals surface area contributed by atoms with Crippen molar-refractivity contribution in [2.24, 2.45) is 0 Å². The molecule has 0 radical (unpaired) electrons. The largest absolute Gasteiger partial charge is 0.349 e. The van der Waals surface area contributed by atoms with E-state index in [9.17, 15) is 10.1 Å². The van der Waals surface area contributed by atoms with Crippen LogP contribution in [0.25, 0.3) is 33.9 Å². The average Bonchev–Trinajstić information content (AvgIpc) is 3.69. The zero-order valence-electron chi connectivity index (χ0n) is 19.9. The van der Waals surface area contributed by atoms with Gasteiger partial charge < -0.3 is 9.88 Å². The number of imidazole rings is 1. The molecule has 9 nitrogen and oxygen atoms in total. The second-order valence-electron chi connectivity index (χ2n) is 9.09. The van der Waals surface area contributed by atoms with Gasteiger partial charge in [0.2, 0.25) is 0 Å². The standard InChI is InChI=1S/C26H20ClFN8OS/c27-23-7-6-22(38-23)26(37)33-15-2-1-3-16(9-15)36-21-10-19(24-31-13-32-35-24)30-12-20(21)34-25(36)17-8-14(11-29)4-5-18(17)28/h4-8,10,12-13,15-16H,1-3,9H2,(H,33,37)(H,31,32,35)/t15-,16+/m0/s1. The Morgan fingerprint density at radius 3 is 2.89 bits per heavy atom. The first-order chi connectivity index (χ1) is 18.5. The van der Waals surface area contributed by atoms with Crippen LogP contribution < -0.4 is 5.32 Å². The number of pyridine rings is 1. The molecule has 0 spiro atoms. The Labute approximate surface area is 225 Å². The number of H-pyrrole nitrogens is 1. The molecule has 1 fully saturated rings. The molecule has 12 heteroatoms. The van der Waals surface area contributed by atoms with Crippen LogP contribution in [-0.2, 0) is 0 Å². The van der Waals surface area contributed by atoms with E-state index in [-0.39, 0.29) is 23.6 Å². The van der Waals surface area contributed by atoms with E-state index >= 15 is 4.39 Å². The number of carbonyl (C=O) groups is 1. The van der Waals surface area contributed by atoms with Gasteiger partial charge in [0.15, 0.2) is 5.82 Å². The van der Waals surface area contributed by atoms with E-state index in [2.05, 4.69) is 31.6 Å². The van der Waals surface area contributed by atoms with Gasteiger partial charge in [-0.05, 0) is 62.1 Å². The number of hydrogen-bond acceptors (Lipinski definition) is 7. The number of benzene rings is 1. The number of nitrogens with zero attached hydrogens (tertiary/aromatic N) is 6. The van der Waals surface area contributed by atoms with Crippen LogP contribution >= 0.6 is 22.9 Å². The topological polar surface area (TPSA) is 125 Å². The summed E-state index contributed by atoms with van der Waals surface area (Å²) in [4.78, 5) is 26.8. The van der Waals surface area contributed by atoms with Gasteiger partial charge in [-0.1, -0.05) is 11.6 Å². The van der Waals surface area contributed by atoms with Crippen molar-refractivity contribution >= 4 is 39.9 Å². The number of aromatic nitrogens is 6. The predicted molar refractivity (Wildman–Crippen MR) is 141 cm³/mol. The Hall–Kier alpha value is -4.14. The summed E-state index contributed by atoms with van der Waals surface area (Å²) in [7, 11) is 0. The second-order valence-corrected chi connectivity index (χ2v) is 10.8. The zero-order valence-corrected chi connectivity index (χ0v) is 21.4. The van der Waals surface area contributed by atoms with Gasteiger partial charge in [-0.2, -0.15) is 10.4 Å². The van der Waals surface area contributed by atoms with Gasteiger partial charge in [-0.25, -0.2) is 14.4 Å². The van der Waals surface area contributed by atoms with Crippen molar-refractivity contribution in [3.8, 4) is 29.0 Å². The highest BCUT2D eigenvalue weighted by Crippen LogP contribution is 2.38. The number of hydrogen-bond donors (Lipinski definition) is 2. The van der Waals surface area contributed by atoms with Crippen LogP contribution in [0, 0.1) is 17.1 Å². The van der Waals surface area contributed by atoms with Crippen molar-refractivity contribution in [2.45, 2.75) is 37.8 Å². The van der Waals surface area contributed by atoms with Crippen LogP contribution in [0.3, 0.4) is 0 Å². The number of nitrogens with one attached hydrogen (secondary N) is 2. The molecule has 4 aromatic heterocycles. The summed E-state index contributed by atoms with van der Waals surface area (Å²) >= 11 is 7.25. The number of halogens is 2. The molecule has 190 valence electrons. The lowest BCUT2D eigenvalue weighted by atomic mass is 9.90. The minimum absolute atomic E-state index is 0.0861. The molecule has 1 amide bonds. The van der Waals surface area contributed by atoms with E-state index in [0.717, 1.165) is 24.8 Å². The predicted octanol–water partition coefficient (Wildman–Crippen LogP) is 5.52. The summed E-state index contributed by atoms with van der Waals surface area (Å²) in [5.41, 5.74) is 2.45. The highest BCUT2D eigenvalue weighted by Gasteiger charge is 2.29. The molecule has 1 saturated carbocycles. The number of rotatable bonds is 5. The Kier molecular flexibility index (Phi) is 6.35. The summed E-state index contributed by atoms with van der Waals surface area (Å²) in [6.45, 7) is 0.